The molecule has 108 valence electrons. The standard InChI is InChI=1S/C17H20N4/c1-2-21-16(9-12-20-21)13-18-11-8-15-6-3-5-14-7-4-10-19-17(14)15/h3-7,9-10,12,18H,2,8,11,13H2,1H3. The Hall–Kier alpha value is -2.20. The summed E-state index contributed by atoms with van der Waals surface area (Å²) < 4.78 is 2.02. The van der Waals surface area contributed by atoms with Crippen molar-refractivity contribution in [1.82, 2.24) is 20.1 Å². The van der Waals surface area contributed by atoms with Crippen molar-refractivity contribution >= 4 is 10.9 Å². The number of rotatable bonds is 6. The molecule has 0 unspecified atom stereocenters. The van der Waals surface area contributed by atoms with Crippen LogP contribution in [0.3, 0.4) is 0 Å². The number of pyridine rings is 1. The smallest absolute Gasteiger partial charge is 0.0734 e. The van der Waals surface area contributed by atoms with Gasteiger partial charge in [-0.3, -0.25) is 9.67 Å². The normalized spacial score (nSPS) is 11.1. The van der Waals surface area contributed by atoms with Gasteiger partial charge in [0, 0.05) is 30.9 Å². The molecule has 3 aromatic rings. The first-order chi connectivity index (χ1) is 10.4. The summed E-state index contributed by atoms with van der Waals surface area (Å²) in [5.74, 6) is 0. The minimum absolute atomic E-state index is 0.853. The lowest BCUT2D eigenvalue weighted by atomic mass is 10.1. The van der Waals surface area contributed by atoms with E-state index in [1.54, 1.807) is 0 Å². The van der Waals surface area contributed by atoms with Gasteiger partial charge in [-0.2, -0.15) is 5.10 Å². The average molecular weight is 280 g/mol. The number of aromatic nitrogens is 3. The third kappa shape index (κ3) is 3.11. The lowest BCUT2D eigenvalue weighted by molar-refractivity contribution is 0.582. The minimum Gasteiger partial charge on any atom is -0.311 e. The fraction of sp³-hybridized carbons (Fsp3) is 0.294. The number of nitrogens with one attached hydrogen (secondary N) is 1. The zero-order valence-corrected chi connectivity index (χ0v) is 12.3. The summed E-state index contributed by atoms with van der Waals surface area (Å²) in [7, 11) is 0. The zero-order chi connectivity index (χ0) is 14.5. The number of hydrogen-bond acceptors (Lipinski definition) is 3. The predicted molar refractivity (Wildman–Crippen MR) is 85.1 cm³/mol. The van der Waals surface area contributed by atoms with Gasteiger partial charge >= 0.3 is 0 Å². The molecule has 4 nitrogen and oxygen atoms in total. The van der Waals surface area contributed by atoms with Crippen molar-refractivity contribution in [3.05, 3.63) is 60.0 Å². The maximum atomic E-state index is 4.50. The molecule has 0 fully saturated rings. The molecule has 21 heavy (non-hydrogen) atoms. The quantitative estimate of drug-likeness (QED) is 0.706. The van der Waals surface area contributed by atoms with Crippen LogP contribution in [0.1, 0.15) is 18.2 Å². The van der Waals surface area contributed by atoms with Crippen LogP contribution in [0.25, 0.3) is 10.9 Å². The summed E-state index contributed by atoms with van der Waals surface area (Å²) >= 11 is 0. The molecule has 0 spiro atoms. The van der Waals surface area contributed by atoms with Crippen molar-refractivity contribution in [1.29, 1.82) is 0 Å². The van der Waals surface area contributed by atoms with Crippen LogP contribution in [0.15, 0.2) is 48.8 Å². The Kier molecular flexibility index (Phi) is 4.26. The van der Waals surface area contributed by atoms with E-state index in [9.17, 15) is 0 Å². The highest BCUT2D eigenvalue weighted by Gasteiger charge is 2.03. The van der Waals surface area contributed by atoms with Crippen molar-refractivity contribution in [2.75, 3.05) is 6.54 Å². The van der Waals surface area contributed by atoms with Gasteiger partial charge in [0.05, 0.1) is 11.2 Å². The lowest BCUT2D eigenvalue weighted by Gasteiger charge is -2.08. The molecule has 0 amide bonds. The fourth-order valence-electron chi connectivity index (χ4n) is 2.60. The van der Waals surface area contributed by atoms with E-state index in [0.29, 0.717) is 0 Å². The molecule has 3 rings (SSSR count). The first-order valence-corrected chi connectivity index (χ1v) is 7.42. The van der Waals surface area contributed by atoms with E-state index in [0.717, 1.165) is 31.6 Å². The predicted octanol–water partition coefficient (Wildman–Crippen LogP) is 2.78. The topological polar surface area (TPSA) is 42.7 Å². The van der Waals surface area contributed by atoms with Crippen LogP contribution >= 0.6 is 0 Å². The summed E-state index contributed by atoms with van der Waals surface area (Å²) in [5.41, 5.74) is 3.64. The van der Waals surface area contributed by atoms with Crippen LogP contribution in [0.4, 0.5) is 0 Å². The third-order valence-corrected chi connectivity index (χ3v) is 3.70. The Balaban J connectivity index is 1.60. The Labute approximate surface area is 124 Å². The summed E-state index contributed by atoms with van der Waals surface area (Å²) in [5, 5.41) is 8.97. The van der Waals surface area contributed by atoms with Crippen molar-refractivity contribution in [3.63, 3.8) is 0 Å². The van der Waals surface area contributed by atoms with Crippen molar-refractivity contribution in [2.24, 2.45) is 0 Å². The van der Waals surface area contributed by atoms with Crippen molar-refractivity contribution in [3.8, 4) is 0 Å². The second-order valence-electron chi connectivity index (χ2n) is 5.06. The van der Waals surface area contributed by atoms with Crippen LogP contribution in [0.5, 0.6) is 0 Å². The van der Waals surface area contributed by atoms with E-state index in [4.69, 9.17) is 0 Å². The van der Waals surface area contributed by atoms with E-state index in [2.05, 4.69) is 52.7 Å². The van der Waals surface area contributed by atoms with Crippen molar-refractivity contribution < 1.29 is 0 Å². The molecule has 0 bridgehead atoms. The molecule has 0 saturated carbocycles. The van der Waals surface area contributed by atoms with Crippen LogP contribution in [0, 0.1) is 0 Å². The number of para-hydroxylation sites is 1. The molecular weight excluding hydrogens is 260 g/mol. The first kappa shape index (κ1) is 13.8. The Morgan fingerprint density at radius 3 is 2.90 bits per heavy atom. The summed E-state index contributed by atoms with van der Waals surface area (Å²) in [6.45, 7) is 4.81. The first-order valence-electron chi connectivity index (χ1n) is 7.42. The van der Waals surface area contributed by atoms with Crippen LogP contribution < -0.4 is 5.32 Å². The van der Waals surface area contributed by atoms with E-state index >= 15 is 0 Å². The number of hydrogen-bond donors (Lipinski definition) is 1. The van der Waals surface area contributed by atoms with E-state index in [1.807, 2.05) is 23.1 Å². The molecule has 2 heterocycles. The molecule has 0 atom stereocenters. The van der Waals surface area contributed by atoms with Crippen LogP contribution in [0.2, 0.25) is 0 Å². The van der Waals surface area contributed by atoms with Gasteiger partial charge < -0.3 is 5.32 Å². The van der Waals surface area contributed by atoms with Crippen LogP contribution in [-0.4, -0.2) is 21.3 Å². The highest BCUT2D eigenvalue weighted by atomic mass is 15.3. The van der Waals surface area contributed by atoms with Crippen LogP contribution in [-0.2, 0) is 19.5 Å². The largest absolute Gasteiger partial charge is 0.311 e. The van der Waals surface area contributed by atoms with E-state index in [1.165, 1.54) is 16.6 Å². The third-order valence-electron chi connectivity index (χ3n) is 3.70. The summed E-state index contributed by atoms with van der Waals surface area (Å²) in [4.78, 5) is 4.50. The molecule has 0 radical (unpaired) electrons. The number of aryl methyl sites for hydroxylation is 1. The second-order valence-corrected chi connectivity index (χ2v) is 5.06. The second kappa shape index (κ2) is 6.50. The van der Waals surface area contributed by atoms with Gasteiger partial charge in [-0.15, -0.1) is 0 Å². The minimum atomic E-state index is 0.853. The highest BCUT2D eigenvalue weighted by Crippen LogP contribution is 2.16. The maximum absolute atomic E-state index is 4.50. The molecular formula is C17H20N4. The molecule has 4 heteroatoms. The van der Waals surface area contributed by atoms with E-state index < -0.39 is 0 Å². The Morgan fingerprint density at radius 2 is 2.00 bits per heavy atom. The number of benzene rings is 1. The van der Waals surface area contributed by atoms with Gasteiger partial charge in [-0.05, 0) is 37.6 Å². The SMILES string of the molecule is CCn1nccc1CNCCc1cccc2cccnc12. The van der Waals surface area contributed by atoms with E-state index in [-0.39, 0.29) is 0 Å². The monoisotopic (exact) mass is 280 g/mol. The van der Waals surface area contributed by atoms with Gasteiger partial charge in [0.2, 0.25) is 0 Å². The maximum Gasteiger partial charge on any atom is 0.0734 e. The molecule has 0 saturated heterocycles. The lowest BCUT2D eigenvalue weighted by Crippen LogP contribution is -2.19. The van der Waals surface area contributed by atoms with Gasteiger partial charge in [0.1, 0.15) is 0 Å². The Bertz CT molecular complexity index is 712. The highest BCUT2D eigenvalue weighted by molar-refractivity contribution is 5.81. The number of fused-ring (bicyclic) bond motifs is 1. The van der Waals surface area contributed by atoms with Gasteiger partial charge in [0.25, 0.3) is 0 Å². The molecule has 1 N–H and O–H groups in total. The summed E-state index contributed by atoms with van der Waals surface area (Å²) in [6.07, 6.45) is 4.70. The van der Waals surface area contributed by atoms with Gasteiger partial charge in [-0.25, -0.2) is 0 Å². The molecule has 0 aliphatic rings. The molecule has 0 aliphatic carbocycles. The molecule has 1 aromatic carbocycles. The molecule has 2 aromatic heterocycles. The van der Waals surface area contributed by atoms with Gasteiger partial charge in [0.15, 0.2) is 0 Å². The molecule has 0 aliphatic heterocycles. The van der Waals surface area contributed by atoms with Gasteiger partial charge in [-0.1, -0.05) is 24.3 Å². The average Bonchev–Trinajstić information content (AvgIpc) is 2.99. The fourth-order valence-corrected chi connectivity index (χ4v) is 2.60. The Morgan fingerprint density at radius 1 is 1.10 bits per heavy atom. The number of nitrogens with zero attached hydrogens (tertiary/aromatic N) is 3. The summed E-state index contributed by atoms with van der Waals surface area (Å²) in [6, 6.07) is 12.5. The van der Waals surface area contributed by atoms with Crippen molar-refractivity contribution in [2.45, 2.75) is 26.4 Å². The zero-order valence-electron chi connectivity index (χ0n) is 12.3.